The summed E-state index contributed by atoms with van der Waals surface area (Å²) in [4.78, 5) is 4.59. The predicted molar refractivity (Wildman–Crippen MR) is 74.1 cm³/mol. The number of rotatable bonds is 1. The summed E-state index contributed by atoms with van der Waals surface area (Å²) in [6.45, 7) is 0. The summed E-state index contributed by atoms with van der Waals surface area (Å²) in [5, 5.41) is 0.516. The van der Waals surface area contributed by atoms with Crippen LogP contribution in [-0.2, 0) is 5.54 Å². The molecule has 1 aromatic rings. The summed E-state index contributed by atoms with van der Waals surface area (Å²) in [6, 6.07) is 3.80. The molecule has 2 unspecified atom stereocenters. The number of hydrogen-bond donors (Lipinski definition) is 1. The van der Waals surface area contributed by atoms with Crippen molar-refractivity contribution in [3.8, 4) is 0 Å². The van der Waals surface area contributed by atoms with E-state index in [1.165, 1.54) is 23.9 Å². The van der Waals surface area contributed by atoms with Crippen molar-refractivity contribution in [2.45, 2.75) is 31.2 Å². The summed E-state index contributed by atoms with van der Waals surface area (Å²) >= 11 is 1.54. The Kier molecular flexibility index (Phi) is 3.25. The maximum atomic E-state index is 14.2. The summed E-state index contributed by atoms with van der Waals surface area (Å²) in [6.07, 6.45) is 3.97. The van der Waals surface area contributed by atoms with Crippen LogP contribution >= 0.6 is 11.8 Å². The van der Waals surface area contributed by atoms with Crippen LogP contribution in [0.5, 0.6) is 0 Å². The minimum absolute atomic E-state index is 0.290. The van der Waals surface area contributed by atoms with E-state index in [0.717, 1.165) is 37.5 Å². The summed E-state index contributed by atoms with van der Waals surface area (Å²) in [5.41, 5.74) is 5.78. The molecule has 0 saturated heterocycles. The van der Waals surface area contributed by atoms with Crippen molar-refractivity contribution in [2.75, 3.05) is 5.75 Å². The van der Waals surface area contributed by atoms with Gasteiger partial charge in [0.2, 0.25) is 0 Å². The molecule has 3 rings (SSSR count). The maximum absolute atomic E-state index is 14.2. The largest absolute Gasteiger partial charge is 0.379 e. The summed E-state index contributed by atoms with van der Waals surface area (Å²) in [7, 11) is 0. The first-order chi connectivity index (χ1) is 9.12. The Hall–Kier alpha value is -1.10. The topological polar surface area (TPSA) is 38.4 Å². The molecule has 0 amide bonds. The van der Waals surface area contributed by atoms with Gasteiger partial charge in [-0.3, -0.25) is 4.99 Å². The van der Waals surface area contributed by atoms with E-state index in [-0.39, 0.29) is 0 Å². The molecule has 0 spiro atoms. The van der Waals surface area contributed by atoms with Gasteiger partial charge in [0.1, 0.15) is 11.6 Å². The number of fused-ring (bicyclic) bond motifs is 1. The smallest absolute Gasteiger partial charge is 0.154 e. The van der Waals surface area contributed by atoms with Crippen LogP contribution in [0, 0.1) is 17.6 Å². The van der Waals surface area contributed by atoms with Crippen LogP contribution < -0.4 is 5.73 Å². The van der Waals surface area contributed by atoms with Gasteiger partial charge in [-0.15, -0.1) is 0 Å². The fourth-order valence-electron chi connectivity index (χ4n) is 3.27. The molecule has 2 nitrogen and oxygen atoms in total. The van der Waals surface area contributed by atoms with Crippen LogP contribution in [0.4, 0.5) is 8.78 Å². The minimum atomic E-state index is -0.578. The zero-order chi connectivity index (χ0) is 13.5. The van der Waals surface area contributed by atoms with Crippen molar-refractivity contribution in [2.24, 2.45) is 16.6 Å². The molecule has 1 heterocycles. The van der Waals surface area contributed by atoms with Crippen molar-refractivity contribution >= 4 is 16.9 Å². The van der Waals surface area contributed by atoms with E-state index in [9.17, 15) is 8.78 Å². The van der Waals surface area contributed by atoms with Crippen molar-refractivity contribution in [1.82, 2.24) is 0 Å². The highest BCUT2D eigenvalue weighted by Gasteiger charge is 2.46. The molecule has 2 N–H and O–H groups in total. The molecule has 0 radical (unpaired) electrons. The third-order valence-corrected chi connectivity index (χ3v) is 5.13. The average Bonchev–Trinajstić information content (AvgIpc) is 2.38. The van der Waals surface area contributed by atoms with E-state index in [0.29, 0.717) is 16.6 Å². The van der Waals surface area contributed by atoms with Gasteiger partial charge in [0.15, 0.2) is 5.17 Å². The highest BCUT2D eigenvalue weighted by Crippen LogP contribution is 2.49. The van der Waals surface area contributed by atoms with Gasteiger partial charge < -0.3 is 5.73 Å². The fourth-order valence-corrected chi connectivity index (χ4v) is 4.31. The first-order valence-electron chi connectivity index (χ1n) is 6.55. The van der Waals surface area contributed by atoms with Gasteiger partial charge in [-0.05, 0) is 24.8 Å². The number of halogens is 2. The van der Waals surface area contributed by atoms with Crippen LogP contribution in [0.3, 0.4) is 0 Å². The SMILES string of the molecule is NC1=NC2(c3ccc(F)cc3F)CCCCC2CS1. The van der Waals surface area contributed by atoms with Crippen LogP contribution in [0.1, 0.15) is 31.2 Å². The van der Waals surface area contributed by atoms with Gasteiger partial charge in [-0.1, -0.05) is 30.7 Å². The van der Waals surface area contributed by atoms with E-state index in [4.69, 9.17) is 5.73 Å². The fraction of sp³-hybridized carbons (Fsp3) is 0.500. The lowest BCUT2D eigenvalue weighted by Gasteiger charge is -2.44. The molecule has 1 aromatic carbocycles. The van der Waals surface area contributed by atoms with Crippen molar-refractivity contribution < 1.29 is 8.78 Å². The molecule has 102 valence electrons. The Balaban J connectivity index is 2.13. The molecule has 0 bridgehead atoms. The van der Waals surface area contributed by atoms with E-state index in [1.807, 2.05) is 0 Å². The van der Waals surface area contributed by atoms with E-state index < -0.39 is 17.2 Å². The molecule has 0 aromatic heterocycles. The van der Waals surface area contributed by atoms with Gasteiger partial charge in [-0.25, -0.2) is 8.78 Å². The second-order valence-electron chi connectivity index (χ2n) is 5.25. The van der Waals surface area contributed by atoms with Crippen molar-refractivity contribution in [3.63, 3.8) is 0 Å². The van der Waals surface area contributed by atoms with Gasteiger partial charge in [0.05, 0.1) is 5.54 Å². The molecule has 19 heavy (non-hydrogen) atoms. The number of aliphatic imine (C=N–C) groups is 1. The molecule has 1 saturated carbocycles. The van der Waals surface area contributed by atoms with Crippen molar-refractivity contribution in [1.29, 1.82) is 0 Å². The normalized spacial score (nSPS) is 30.6. The quantitative estimate of drug-likeness (QED) is 0.857. The molecular weight excluding hydrogens is 266 g/mol. The van der Waals surface area contributed by atoms with Crippen LogP contribution in [0.15, 0.2) is 23.2 Å². The Morgan fingerprint density at radius 3 is 2.95 bits per heavy atom. The molecule has 1 aliphatic heterocycles. The summed E-state index contributed by atoms with van der Waals surface area (Å²) < 4.78 is 27.3. The lowest BCUT2D eigenvalue weighted by molar-refractivity contribution is 0.206. The lowest BCUT2D eigenvalue weighted by atomic mass is 9.69. The monoisotopic (exact) mass is 282 g/mol. The molecule has 2 aliphatic rings. The minimum Gasteiger partial charge on any atom is -0.379 e. The number of nitrogens with zero attached hydrogens (tertiary/aromatic N) is 1. The highest BCUT2D eigenvalue weighted by molar-refractivity contribution is 8.13. The number of hydrogen-bond acceptors (Lipinski definition) is 3. The van der Waals surface area contributed by atoms with Gasteiger partial charge in [0.25, 0.3) is 0 Å². The van der Waals surface area contributed by atoms with Crippen molar-refractivity contribution in [3.05, 3.63) is 35.4 Å². The average molecular weight is 282 g/mol. The molecule has 5 heteroatoms. The molecule has 1 fully saturated rings. The third-order valence-electron chi connectivity index (χ3n) is 4.18. The second-order valence-corrected chi connectivity index (χ2v) is 6.29. The first-order valence-corrected chi connectivity index (χ1v) is 7.54. The number of thioether (sulfide) groups is 1. The van der Waals surface area contributed by atoms with E-state index in [1.54, 1.807) is 0 Å². The Bertz CT molecular complexity index is 532. The highest BCUT2D eigenvalue weighted by atomic mass is 32.2. The maximum Gasteiger partial charge on any atom is 0.154 e. The number of benzene rings is 1. The van der Waals surface area contributed by atoms with Crippen LogP contribution in [0.2, 0.25) is 0 Å². The number of nitrogens with two attached hydrogens (primary N) is 1. The van der Waals surface area contributed by atoms with E-state index in [2.05, 4.69) is 4.99 Å². The predicted octanol–water partition coefficient (Wildman–Crippen LogP) is 3.41. The van der Waals surface area contributed by atoms with Gasteiger partial charge in [-0.2, -0.15) is 0 Å². The van der Waals surface area contributed by atoms with Crippen LogP contribution in [0.25, 0.3) is 0 Å². The zero-order valence-electron chi connectivity index (χ0n) is 10.5. The molecule has 2 atom stereocenters. The Labute approximate surface area is 115 Å². The van der Waals surface area contributed by atoms with Gasteiger partial charge in [0, 0.05) is 17.4 Å². The molecular formula is C14H16F2N2S. The Morgan fingerprint density at radius 1 is 1.32 bits per heavy atom. The standard InChI is InChI=1S/C14H16F2N2S/c15-10-4-5-11(12(16)7-10)14-6-2-1-3-9(14)8-19-13(17)18-14/h4-5,7,9H,1-3,6,8H2,(H2,17,18). The first kappa shape index (κ1) is 12.9. The Morgan fingerprint density at radius 2 is 2.16 bits per heavy atom. The second kappa shape index (κ2) is 4.78. The lowest BCUT2D eigenvalue weighted by Crippen LogP contribution is -2.43. The van der Waals surface area contributed by atoms with Gasteiger partial charge >= 0.3 is 0 Å². The number of amidine groups is 1. The summed E-state index contributed by atoms with van der Waals surface area (Å²) in [5.74, 6) is 0.104. The third kappa shape index (κ3) is 2.14. The van der Waals surface area contributed by atoms with E-state index >= 15 is 0 Å². The van der Waals surface area contributed by atoms with Crippen LogP contribution in [-0.4, -0.2) is 10.9 Å². The zero-order valence-corrected chi connectivity index (χ0v) is 11.4. The molecule has 1 aliphatic carbocycles.